The van der Waals surface area contributed by atoms with Crippen molar-refractivity contribution in [3.63, 3.8) is 0 Å². The molecule has 0 unspecified atom stereocenters. The Kier molecular flexibility index (Phi) is 8.43. The number of hydrogen-bond acceptors (Lipinski definition) is 9. The third-order valence-electron chi connectivity index (χ3n) is 5.46. The van der Waals surface area contributed by atoms with Gasteiger partial charge in [-0.2, -0.15) is 0 Å². The molecule has 2 heterocycles. The number of aryl methyl sites for hydroxylation is 1. The summed E-state index contributed by atoms with van der Waals surface area (Å²) in [5.74, 6) is -0.427. The fourth-order valence-electron chi connectivity index (χ4n) is 3.81. The molecule has 10 heteroatoms. The SMILES string of the molecule is CCOc1ccccc1N1CCN(CCCCn2nnc(C(=O)OC)c2C(=O)OC)CC1. The Balaban J connectivity index is 1.47. The fraction of sp³-hybridized carbons (Fsp3) is 0.545. The van der Waals surface area contributed by atoms with Gasteiger partial charge in [0.25, 0.3) is 0 Å². The highest BCUT2D eigenvalue weighted by atomic mass is 16.5. The van der Waals surface area contributed by atoms with Gasteiger partial charge in [0.05, 0.1) is 26.5 Å². The summed E-state index contributed by atoms with van der Waals surface area (Å²) in [4.78, 5) is 28.7. The molecule has 1 aromatic heterocycles. The molecular weight excluding hydrogens is 414 g/mol. The van der Waals surface area contributed by atoms with E-state index in [0.29, 0.717) is 13.2 Å². The van der Waals surface area contributed by atoms with Gasteiger partial charge in [-0.1, -0.05) is 17.3 Å². The minimum atomic E-state index is -0.708. The number of esters is 2. The highest BCUT2D eigenvalue weighted by Gasteiger charge is 2.26. The maximum Gasteiger partial charge on any atom is 0.361 e. The molecule has 0 saturated carbocycles. The molecule has 3 rings (SSSR count). The molecule has 1 saturated heterocycles. The van der Waals surface area contributed by atoms with E-state index in [1.54, 1.807) is 0 Å². The summed E-state index contributed by atoms with van der Waals surface area (Å²) in [5.41, 5.74) is 1.06. The Morgan fingerprint density at radius 3 is 2.34 bits per heavy atom. The van der Waals surface area contributed by atoms with Crippen molar-refractivity contribution in [2.75, 3.05) is 58.5 Å². The molecule has 0 N–H and O–H groups in total. The number of piperazine rings is 1. The first-order chi connectivity index (χ1) is 15.6. The number of aromatic nitrogens is 3. The first-order valence-electron chi connectivity index (χ1n) is 10.9. The van der Waals surface area contributed by atoms with E-state index in [-0.39, 0.29) is 11.4 Å². The lowest BCUT2D eigenvalue weighted by Gasteiger charge is -2.36. The summed E-state index contributed by atoms with van der Waals surface area (Å²) >= 11 is 0. The summed E-state index contributed by atoms with van der Waals surface area (Å²) in [6.07, 6.45) is 1.73. The molecule has 0 amide bonds. The van der Waals surface area contributed by atoms with Crippen molar-refractivity contribution >= 4 is 17.6 Å². The molecule has 174 valence electrons. The number of nitrogens with zero attached hydrogens (tertiary/aromatic N) is 5. The zero-order valence-electron chi connectivity index (χ0n) is 19.0. The normalized spacial score (nSPS) is 14.3. The van der Waals surface area contributed by atoms with Crippen molar-refractivity contribution < 1.29 is 23.8 Å². The van der Waals surface area contributed by atoms with E-state index in [1.807, 2.05) is 25.1 Å². The first-order valence-corrected chi connectivity index (χ1v) is 10.9. The summed E-state index contributed by atoms with van der Waals surface area (Å²) in [6, 6.07) is 8.17. The standard InChI is InChI=1S/C22H31N5O5/c1-4-32-18-10-6-5-9-17(18)26-15-13-25(14-16-26)11-7-8-12-27-20(22(29)31-3)19(23-24-27)21(28)30-2/h5-6,9-10H,4,7-8,11-16H2,1-3H3. The van der Waals surface area contributed by atoms with Crippen molar-refractivity contribution in [2.24, 2.45) is 0 Å². The van der Waals surface area contributed by atoms with Gasteiger partial charge in [0.2, 0.25) is 5.69 Å². The van der Waals surface area contributed by atoms with Crippen LogP contribution < -0.4 is 9.64 Å². The zero-order chi connectivity index (χ0) is 22.9. The lowest BCUT2D eigenvalue weighted by Crippen LogP contribution is -2.46. The number of ether oxygens (including phenoxy) is 3. The first kappa shape index (κ1) is 23.5. The van der Waals surface area contributed by atoms with Crippen molar-refractivity contribution in [1.29, 1.82) is 0 Å². The van der Waals surface area contributed by atoms with Crippen LogP contribution in [0, 0.1) is 0 Å². The molecule has 32 heavy (non-hydrogen) atoms. The third-order valence-corrected chi connectivity index (χ3v) is 5.46. The lowest BCUT2D eigenvalue weighted by molar-refractivity contribution is 0.0543. The van der Waals surface area contributed by atoms with Gasteiger partial charge in [0.1, 0.15) is 5.75 Å². The summed E-state index contributed by atoms with van der Waals surface area (Å²) in [7, 11) is 2.49. The number of benzene rings is 1. The maximum atomic E-state index is 12.1. The predicted octanol–water partition coefficient (Wildman–Crippen LogP) is 1.85. The van der Waals surface area contributed by atoms with E-state index in [9.17, 15) is 9.59 Å². The van der Waals surface area contributed by atoms with Crippen LogP contribution in [0.25, 0.3) is 0 Å². The van der Waals surface area contributed by atoms with E-state index < -0.39 is 11.9 Å². The second kappa shape index (κ2) is 11.5. The van der Waals surface area contributed by atoms with Gasteiger partial charge < -0.3 is 19.1 Å². The van der Waals surface area contributed by atoms with Crippen LogP contribution in [0.3, 0.4) is 0 Å². The van der Waals surface area contributed by atoms with Crippen LogP contribution in [0.2, 0.25) is 0 Å². The fourth-order valence-corrected chi connectivity index (χ4v) is 3.81. The van der Waals surface area contributed by atoms with Crippen molar-refractivity contribution in [3.05, 3.63) is 35.7 Å². The molecule has 1 aromatic carbocycles. The maximum absolute atomic E-state index is 12.1. The van der Waals surface area contributed by atoms with Crippen LogP contribution in [-0.4, -0.2) is 85.4 Å². The molecule has 1 fully saturated rings. The zero-order valence-corrected chi connectivity index (χ0v) is 19.0. The number of anilines is 1. The third kappa shape index (κ3) is 5.56. The smallest absolute Gasteiger partial charge is 0.361 e. The van der Waals surface area contributed by atoms with Crippen LogP contribution >= 0.6 is 0 Å². The van der Waals surface area contributed by atoms with Crippen molar-refractivity contribution in [3.8, 4) is 5.75 Å². The van der Waals surface area contributed by atoms with E-state index in [4.69, 9.17) is 9.47 Å². The number of methoxy groups -OCH3 is 2. The number of unbranched alkanes of at least 4 members (excludes halogenated alkanes) is 1. The van der Waals surface area contributed by atoms with Crippen LogP contribution in [0.5, 0.6) is 5.75 Å². The van der Waals surface area contributed by atoms with Crippen LogP contribution in [0.4, 0.5) is 5.69 Å². The Labute approximate surface area is 188 Å². The number of hydrogen-bond donors (Lipinski definition) is 0. The largest absolute Gasteiger partial charge is 0.492 e. The molecular formula is C22H31N5O5. The van der Waals surface area contributed by atoms with Gasteiger partial charge in [-0.25, -0.2) is 14.3 Å². The van der Waals surface area contributed by atoms with Gasteiger partial charge in [-0.05, 0) is 38.4 Å². The van der Waals surface area contributed by atoms with Gasteiger partial charge in [0, 0.05) is 32.7 Å². The Bertz CT molecular complexity index is 908. The lowest BCUT2D eigenvalue weighted by atomic mass is 10.2. The highest BCUT2D eigenvalue weighted by molar-refractivity contribution is 6.00. The highest BCUT2D eigenvalue weighted by Crippen LogP contribution is 2.28. The Hall–Kier alpha value is -3.14. The molecule has 10 nitrogen and oxygen atoms in total. The Morgan fingerprint density at radius 1 is 0.969 bits per heavy atom. The summed E-state index contributed by atoms with van der Waals surface area (Å²) in [6.45, 7) is 7.92. The molecule has 0 atom stereocenters. The monoisotopic (exact) mass is 445 g/mol. The number of carbonyl (C=O) groups is 2. The van der Waals surface area contributed by atoms with Crippen molar-refractivity contribution in [2.45, 2.75) is 26.3 Å². The quantitative estimate of drug-likeness (QED) is 0.401. The van der Waals surface area contributed by atoms with Crippen LogP contribution in [-0.2, 0) is 16.0 Å². The number of para-hydroxylation sites is 2. The summed E-state index contributed by atoms with van der Waals surface area (Å²) < 4.78 is 16.6. The molecule has 0 spiro atoms. The van der Waals surface area contributed by atoms with Crippen LogP contribution in [0.15, 0.2) is 24.3 Å². The average molecular weight is 446 g/mol. The van der Waals surface area contributed by atoms with E-state index >= 15 is 0 Å². The molecule has 0 bridgehead atoms. The van der Waals surface area contributed by atoms with E-state index in [1.165, 1.54) is 18.9 Å². The van der Waals surface area contributed by atoms with E-state index in [0.717, 1.165) is 57.0 Å². The molecule has 0 aliphatic carbocycles. The number of carbonyl (C=O) groups excluding carboxylic acids is 2. The van der Waals surface area contributed by atoms with E-state index in [2.05, 4.69) is 30.9 Å². The predicted molar refractivity (Wildman–Crippen MR) is 118 cm³/mol. The average Bonchev–Trinajstić information content (AvgIpc) is 3.26. The topological polar surface area (TPSA) is 99.0 Å². The van der Waals surface area contributed by atoms with Crippen molar-refractivity contribution in [1.82, 2.24) is 19.9 Å². The minimum absolute atomic E-state index is 0.0286. The number of rotatable bonds is 10. The van der Waals surface area contributed by atoms with Gasteiger partial charge in [-0.15, -0.1) is 5.10 Å². The van der Waals surface area contributed by atoms with Gasteiger partial charge >= 0.3 is 11.9 Å². The second-order valence-electron chi connectivity index (χ2n) is 7.43. The summed E-state index contributed by atoms with van der Waals surface area (Å²) in [5, 5.41) is 7.73. The minimum Gasteiger partial charge on any atom is -0.492 e. The Morgan fingerprint density at radius 2 is 1.66 bits per heavy atom. The van der Waals surface area contributed by atoms with Gasteiger partial charge in [-0.3, -0.25) is 4.90 Å². The second-order valence-corrected chi connectivity index (χ2v) is 7.43. The molecule has 0 radical (unpaired) electrons. The van der Waals surface area contributed by atoms with Crippen LogP contribution in [0.1, 0.15) is 40.7 Å². The molecule has 1 aliphatic rings. The molecule has 2 aromatic rings. The van der Waals surface area contributed by atoms with Gasteiger partial charge in [0.15, 0.2) is 5.69 Å². The molecule has 1 aliphatic heterocycles.